The molecule has 4 saturated heterocycles. The van der Waals surface area contributed by atoms with E-state index in [1.807, 2.05) is 13.8 Å². The number of ketones is 2. The van der Waals surface area contributed by atoms with Gasteiger partial charge in [-0.2, -0.15) is 0 Å². The Morgan fingerprint density at radius 2 is 1.75 bits per heavy atom. The van der Waals surface area contributed by atoms with Crippen molar-refractivity contribution in [1.29, 1.82) is 0 Å². The van der Waals surface area contributed by atoms with Gasteiger partial charge in [0.05, 0.1) is 30.0 Å². The molecule has 7 aliphatic heterocycles. The molecular formula is C38H55NO9. The van der Waals surface area contributed by atoms with Crippen molar-refractivity contribution >= 4 is 23.4 Å². The highest BCUT2D eigenvalue weighted by Crippen LogP contribution is 2.52. The Morgan fingerprint density at radius 1 is 0.958 bits per heavy atom. The van der Waals surface area contributed by atoms with Crippen LogP contribution in [0.4, 0.5) is 0 Å². The van der Waals surface area contributed by atoms with Crippen molar-refractivity contribution in [1.82, 2.24) is 5.32 Å². The van der Waals surface area contributed by atoms with Gasteiger partial charge in [-0.25, -0.2) is 4.79 Å². The monoisotopic (exact) mass is 669 g/mol. The smallest absolute Gasteiger partial charge is 0.331 e. The molecule has 0 aliphatic carbocycles. The molecule has 5 bridgehead atoms. The molecule has 7 heterocycles. The highest BCUT2D eigenvalue weighted by atomic mass is 16.7. The third kappa shape index (κ3) is 8.73. The quantitative estimate of drug-likeness (QED) is 0.211. The van der Waals surface area contributed by atoms with Gasteiger partial charge >= 0.3 is 5.97 Å². The van der Waals surface area contributed by atoms with Crippen LogP contribution in [0.15, 0.2) is 36.1 Å². The minimum absolute atomic E-state index is 0.00994. The van der Waals surface area contributed by atoms with Gasteiger partial charge in [0.25, 0.3) is 0 Å². The number of ether oxygens (including phenoxy) is 5. The van der Waals surface area contributed by atoms with E-state index in [1.54, 1.807) is 25.2 Å². The second kappa shape index (κ2) is 15.5. The number of nitrogens with one attached hydrogen (secondary N) is 1. The predicted octanol–water partition coefficient (Wildman–Crippen LogP) is 5.82. The van der Waals surface area contributed by atoms with Gasteiger partial charge in [0.2, 0.25) is 5.91 Å². The normalized spacial score (nSPS) is 41.1. The van der Waals surface area contributed by atoms with E-state index < -0.39 is 29.4 Å². The highest BCUT2D eigenvalue weighted by molar-refractivity contribution is 5.92. The Balaban J connectivity index is 1.31. The van der Waals surface area contributed by atoms with Gasteiger partial charge in [0.1, 0.15) is 11.9 Å². The summed E-state index contributed by atoms with van der Waals surface area (Å²) in [4.78, 5) is 51.7. The number of fused-ring (bicyclic) bond motifs is 2. The van der Waals surface area contributed by atoms with Crippen LogP contribution in [0.25, 0.3) is 0 Å². The van der Waals surface area contributed by atoms with Crippen molar-refractivity contribution in [2.75, 3.05) is 0 Å². The van der Waals surface area contributed by atoms with E-state index in [4.69, 9.17) is 23.7 Å². The minimum Gasteiger partial charge on any atom is -0.451 e. The van der Waals surface area contributed by atoms with Gasteiger partial charge in [-0.1, -0.05) is 45.4 Å². The average molecular weight is 670 g/mol. The maximum absolute atomic E-state index is 13.5. The molecule has 10 nitrogen and oxygen atoms in total. The van der Waals surface area contributed by atoms with Gasteiger partial charge < -0.3 is 29.0 Å². The van der Waals surface area contributed by atoms with Crippen LogP contribution >= 0.6 is 0 Å². The number of carbonyl (C=O) groups is 4. The third-order valence-corrected chi connectivity index (χ3v) is 11.1. The van der Waals surface area contributed by atoms with Crippen molar-refractivity contribution in [2.24, 2.45) is 17.8 Å². The first-order chi connectivity index (χ1) is 22.8. The highest BCUT2D eigenvalue weighted by Gasteiger charge is 2.59. The Kier molecular flexibility index (Phi) is 11.8. The molecule has 7 aliphatic rings. The van der Waals surface area contributed by atoms with E-state index in [0.717, 1.165) is 37.7 Å². The fraction of sp³-hybridized carbons (Fsp3) is 0.737. The number of carbonyl (C=O) groups excluding carboxylic acids is 4. The molecule has 4 fully saturated rings. The van der Waals surface area contributed by atoms with Crippen LogP contribution in [0.5, 0.6) is 0 Å². The zero-order chi connectivity index (χ0) is 34.6. The summed E-state index contributed by atoms with van der Waals surface area (Å²) in [5.41, 5.74) is 0.422. The molecule has 7 rings (SSSR count). The molecule has 266 valence electrons. The first-order valence-corrected chi connectivity index (χ1v) is 18.1. The second-order valence-corrected chi connectivity index (χ2v) is 15.0. The summed E-state index contributed by atoms with van der Waals surface area (Å²) in [6.45, 7) is 11.9. The van der Waals surface area contributed by atoms with Crippen molar-refractivity contribution in [2.45, 2.75) is 160 Å². The molecular weight excluding hydrogens is 614 g/mol. The van der Waals surface area contributed by atoms with E-state index in [1.165, 1.54) is 12.3 Å². The van der Waals surface area contributed by atoms with Gasteiger partial charge in [-0.3, -0.25) is 14.4 Å². The molecule has 1 unspecified atom stereocenters. The van der Waals surface area contributed by atoms with Crippen LogP contribution in [-0.4, -0.2) is 71.5 Å². The summed E-state index contributed by atoms with van der Waals surface area (Å²) in [6.07, 6.45) is 12.8. The predicted molar refractivity (Wildman–Crippen MR) is 178 cm³/mol. The number of Topliss-reactive ketones (excluding diaryl/α,β-unsaturated/α-hetero) is 2. The average Bonchev–Trinajstić information content (AvgIpc) is 3.73. The van der Waals surface area contributed by atoms with E-state index >= 15 is 0 Å². The van der Waals surface area contributed by atoms with Crippen LogP contribution in [0.3, 0.4) is 0 Å². The molecule has 0 radical (unpaired) electrons. The molecule has 1 spiro atoms. The maximum atomic E-state index is 13.5. The van der Waals surface area contributed by atoms with E-state index in [2.05, 4.69) is 26.1 Å². The molecule has 1 amide bonds. The van der Waals surface area contributed by atoms with E-state index in [-0.39, 0.29) is 79.1 Å². The Labute approximate surface area is 285 Å². The molecule has 10 heteroatoms. The summed E-state index contributed by atoms with van der Waals surface area (Å²) < 4.78 is 31.9. The van der Waals surface area contributed by atoms with Crippen molar-refractivity contribution < 1.29 is 42.9 Å². The van der Waals surface area contributed by atoms with Gasteiger partial charge in [0, 0.05) is 56.2 Å². The van der Waals surface area contributed by atoms with Crippen LogP contribution < -0.4 is 5.32 Å². The molecule has 1 N–H and O–H groups in total. The zero-order valence-corrected chi connectivity index (χ0v) is 29.5. The van der Waals surface area contributed by atoms with Crippen molar-refractivity contribution in [3.63, 3.8) is 0 Å². The lowest BCUT2D eigenvalue weighted by atomic mass is 9.78. The lowest BCUT2D eigenvalue weighted by Crippen LogP contribution is -2.60. The van der Waals surface area contributed by atoms with Gasteiger partial charge in [-0.05, 0) is 64.4 Å². The fourth-order valence-electron chi connectivity index (χ4n) is 7.76. The van der Waals surface area contributed by atoms with Crippen LogP contribution in [0.2, 0.25) is 0 Å². The SMILES string of the molecule is CCCC(=O)N/C=C\C=C\C[C@@H]1OC(=O)C=C(C)[C@H](C)C[C@@H]2O[C@@H]2[C@H]2CCC3O[C@]4(CC[C@@]3(C)O2)O[C@@H](CC(=O)[C@@H](C)CC1=O)C[C@@H]4C. The summed E-state index contributed by atoms with van der Waals surface area (Å²) in [5.74, 6) is -2.16. The zero-order valence-electron chi connectivity index (χ0n) is 29.5. The largest absolute Gasteiger partial charge is 0.451 e. The summed E-state index contributed by atoms with van der Waals surface area (Å²) in [6, 6.07) is 0. The first-order valence-electron chi connectivity index (χ1n) is 18.1. The standard InChI is InChI=1S/C38H55NO9/c1-7-11-34(42)39-17-10-8-9-12-30-29(41)18-25(4)28(40)22-27-21-26(5)38(46-27)16-15-37(6)33(48-38)14-13-31(47-37)36-32(45-36)19-23(2)24(3)20-35(43)44-30/h8-10,17,20,23,25-27,30-33,36H,7,11-16,18-19,21-22H2,1-6H3,(H,39,42)/b9-8+,17-10-,24-20?/t23-,25+,26+,27-,30+,31-,32+,33?,36-,37-,38+/m1/s1. The summed E-state index contributed by atoms with van der Waals surface area (Å²) in [7, 11) is 0. The molecule has 0 saturated carbocycles. The topological polar surface area (TPSA) is 130 Å². The third-order valence-electron chi connectivity index (χ3n) is 11.1. The molecule has 48 heavy (non-hydrogen) atoms. The summed E-state index contributed by atoms with van der Waals surface area (Å²) >= 11 is 0. The molecule has 0 aromatic carbocycles. The molecule has 11 atom stereocenters. The first kappa shape index (κ1) is 36.6. The number of amides is 1. The summed E-state index contributed by atoms with van der Waals surface area (Å²) in [5, 5.41) is 2.68. The Bertz CT molecular complexity index is 1310. The minimum atomic E-state index is -1.05. The van der Waals surface area contributed by atoms with Crippen LogP contribution in [-0.2, 0) is 42.9 Å². The molecule has 0 aromatic heterocycles. The Morgan fingerprint density at radius 3 is 2.52 bits per heavy atom. The maximum Gasteiger partial charge on any atom is 0.331 e. The number of hydrogen-bond donors (Lipinski definition) is 1. The lowest BCUT2D eigenvalue weighted by molar-refractivity contribution is -0.344. The fourth-order valence-corrected chi connectivity index (χ4v) is 7.76. The van der Waals surface area contributed by atoms with Crippen molar-refractivity contribution in [3.05, 3.63) is 36.1 Å². The lowest BCUT2D eigenvalue weighted by Gasteiger charge is -2.53. The van der Waals surface area contributed by atoms with Crippen LogP contribution in [0, 0.1) is 17.8 Å². The number of epoxide rings is 1. The number of esters is 1. The molecule has 0 aromatic rings. The van der Waals surface area contributed by atoms with Crippen LogP contribution in [0.1, 0.15) is 112 Å². The Hall–Kier alpha value is -2.66. The number of hydrogen-bond acceptors (Lipinski definition) is 9. The van der Waals surface area contributed by atoms with E-state index in [9.17, 15) is 19.2 Å². The number of allylic oxidation sites excluding steroid dienone is 3. The van der Waals surface area contributed by atoms with Gasteiger partial charge in [-0.15, -0.1) is 0 Å². The second-order valence-electron chi connectivity index (χ2n) is 15.0. The number of rotatable bonds is 6. The van der Waals surface area contributed by atoms with Gasteiger partial charge in [0.15, 0.2) is 17.7 Å². The van der Waals surface area contributed by atoms with E-state index in [0.29, 0.717) is 19.3 Å². The van der Waals surface area contributed by atoms with Crippen molar-refractivity contribution in [3.8, 4) is 0 Å².